The van der Waals surface area contributed by atoms with Crippen molar-refractivity contribution in [3.8, 4) is 17.4 Å². The van der Waals surface area contributed by atoms with Crippen molar-refractivity contribution >= 4 is 33.4 Å². The smallest absolute Gasteiger partial charge is 0.200 e. The molecule has 0 aliphatic heterocycles. The highest BCUT2D eigenvalue weighted by Gasteiger charge is 2.10. The van der Waals surface area contributed by atoms with E-state index in [0.29, 0.717) is 5.88 Å². The van der Waals surface area contributed by atoms with Gasteiger partial charge in [0.05, 0.1) is 5.39 Å². The number of aryl methyl sites for hydroxylation is 2. The topological polar surface area (TPSA) is 34.4 Å². The minimum absolute atomic E-state index is 0.363. The van der Waals surface area contributed by atoms with Crippen LogP contribution < -0.4 is 4.74 Å². The molecule has 0 radical (unpaired) electrons. The first kappa shape index (κ1) is 17.9. The van der Waals surface area contributed by atoms with Crippen molar-refractivity contribution in [3.63, 3.8) is 0 Å². The van der Waals surface area contributed by atoms with Gasteiger partial charge in [0, 0.05) is 21.7 Å². The summed E-state index contributed by atoms with van der Waals surface area (Å²) >= 11 is 2.27. The van der Waals surface area contributed by atoms with Crippen LogP contribution in [-0.2, 0) is 13.0 Å². The zero-order valence-electron chi connectivity index (χ0n) is 14.8. The molecule has 0 amide bonds. The second kappa shape index (κ2) is 8.05. The number of fused-ring (bicyclic) bond motifs is 1. The molecule has 3 aromatic carbocycles. The Bertz CT molecular complexity index is 1040. The van der Waals surface area contributed by atoms with Gasteiger partial charge in [-0.25, -0.2) is 0 Å². The molecular weight excluding hydrogens is 449 g/mol. The molecule has 4 aromatic rings. The molecule has 0 unspecified atom stereocenters. The summed E-state index contributed by atoms with van der Waals surface area (Å²) in [6, 6.07) is 24.1. The number of para-hydroxylation sites is 1. The lowest BCUT2D eigenvalue weighted by molar-refractivity contribution is 0.418. The van der Waals surface area contributed by atoms with E-state index in [4.69, 9.17) is 4.74 Å². The van der Waals surface area contributed by atoms with Gasteiger partial charge in [-0.2, -0.15) is 0 Å². The van der Waals surface area contributed by atoms with Crippen LogP contribution in [0, 0.1) is 3.57 Å². The number of rotatable bonds is 6. The Morgan fingerprint density at radius 1 is 0.852 bits per heavy atom. The Labute approximate surface area is 172 Å². The minimum Gasteiger partial charge on any atom is -0.494 e. The average molecular weight is 469 g/mol. The molecule has 0 saturated carbocycles. The summed E-state index contributed by atoms with van der Waals surface area (Å²) in [6.07, 6.45) is 3.95. The Kier molecular flexibility index (Phi) is 5.34. The molecule has 1 aromatic heterocycles. The molecular formula is C23H20INO2. The van der Waals surface area contributed by atoms with E-state index in [9.17, 15) is 5.11 Å². The molecule has 3 nitrogen and oxygen atoms in total. The maximum Gasteiger partial charge on any atom is 0.200 e. The first-order valence-corrected chi connectivity index (χ1v) is 10.1. The molecule has 0 bridgehead atoms. The van der Waals surface area contributed by atoms with Crippen LogP contribution >= 0.6 is 22.6 Å². The Morgan fingerprint density at radius 3 is 2.33 bits per heavy atom. The van der Waals surface area contributed by atoms with E-state index in [0.717, 1.165) is 45.2 Å². The highest BCUT2D eigenvalue weighted by molar-refractivity contribution is 14.1. The van der Waals surface area contributed by atoms with Gasteiger partial charge >= 0.3 is 0 Å². The monoisotopic (exact) mass is 469 g/mol. The van der Waals surface area contributed by atoms with Gasteiger partial charge in [0.2, 0.25) is 0 Å². The van der Waals surface area contributed by atoms with Crippen molar-refractivity contribution in [1.82, 2.24) is 4.57 Å². The Balaban J connectivity index is 1.37. The van der Waals surface area contributed by atoms with Gasteiger partial charge in [-0.1, -0.05) is 42.5 Å². The number of halogens is 1. The first-order valence-electron chi connectivity index (χ1n) is 8.99. The summed E-state index contributed by atoms with van der Waals surface area (Å²) in [5.74, 6) is 2.05. The quantitative estimate of drug-likeness (QED) is 0.333. The number of benzene rings is 3. The van der Waals surface area contributed by atoms with Crippen LogP contribution in [0.5, 0.6) is 17.4 Å². The lowest BCUT2D eigenvalue weighted by atomic mass is 10.1. The summed E-state index contributed by atoms with van der Waals surface area (Å²) in [5, 5.41) is 12.5. The van der Waals surface area contributed by atoms with Crippen LogP contribution in [0.15, 0.2) is 79.0 Å². The van der Waals surface area contributed by atoms with Crippen LogP contribution in [0.1, 0.15) is 12.0 Å². The second-order valence-corrected chi connectivity index (χ2v) is 7.67. The molecule has 0 saturated heterocycles. The molecule has 1 N–H and O–H groups in total. The van der Waals surface area contributed by atoms with Gasteiger partial charge in [0.25, 0.3) is 0 Å². The standard InChI is InChI=1S/C23H20INO2/c24-21-10-4-7-18-16-25(23(26)22(18)21)15-5-6-17-11-13-20(14-12-17)27-19-8-2-1-3-9-19/h1-4,7-14,16,26H,5-6,15H2. The third kappa shape index (κ3) is 4.11. The predicted octanol–water partition coefficient (Wildman–Crippen LogP) is 6.38. The minimum atomic E-state index is 0.363. The van der Waals surface area contributed by atoms with Crippen molar-refractivity contribution in [2.45, 2.75) is 19.4 Å². The SMILES string of the molecule is Oc1c2c(I)cccc2cn1CCCc1ccc(Oc2ccccc2)cc1. The van der Waals surface area contributed by atoms with Gasteiger partial charge in [-0.3, -0.25) is 0 Å². The number of aromatic hydroxyl groups is 1. The van der Waals surface area contributed by atoms with Crippen molar-refractivity contribution in [2.75, 3.05) is 0 Å². The van der Waals surface area contributed by atoms with Crippen molar-refractivity contribution in [2.24, 2.45) is 0 Å². The van der Waals surface area contributed by atoms with E-state index in [1.54, 1.807) is 0 Å². The molecule has 0 fully saturated rings. The molecule has 27 heavy (non-hydrogen) atoms. The lowest BCUT2D eigenvalue weighted by Crippen LogP contribution is -1.97. The molecule has 0 atom stereocenters. The number of hydrogen-bond donors (Lipinski definition) is 1. The highest BCUT2D eigenvalue weighted by atomic mass is 127. The van der Waals surface area contributed by atoms with E-state index >= 15 is 0 Å². The zero-order chi connectivity index (χ0) is 18.6. The van der Waals surface area contributed by atoms with E-state index < -0.39 is 0 Å². The summed E-state index contributed by atoms with van der Waals surface area (Å²) in [6.45, 7) is 0.791. The highest BCUT2D eigenvalue weighted by Crippen LogP contribution is 2.31. The van der Waals surface area contributed by atoms with Gasteiger partial charge in [-0.05, 0) is 71.3 Å². The fourth-order valence-corrected chi connectivity index (χ4v) is 3.99. The van der Waals surface area contributed by atoms with Gasteiger partial charge in [0.15, 0.2) is 5.88 Å². The lowest BCUT2D eigenvalue weighted by Gasteiger charge is -2.08. The Hall–Kier alpha value is -2.47. The first-order chi connectivity index (χ1) is 13.2. The van der Waals surface area contributed by atoms with E-state index in [2.05, 4.69) is 34.7 Å². The van der Waals surface area contributed by atoms with Crippen LogP contribution in [0.2, 0.25) is 0 Å². The molecule has 0 aliphatic carbocycles. The van der Waals surface area contributed by atoms with Crippen molar-refractivity contribution < 1.29 is 9.84 Å². The van der Waals surface area contributed by atoms with Crippen LogP contribution in [0.4, 0.5) is 0 Å². The third-order valence-electron chi connectivity index (χ3n) is 4.60. The zero-order valence-corrected chi connectivity index (χ0v) is 17.0. The number of hydrogen-bond acceptors (Lipinski definition) is 2. The molecule has 0 spiro atoms. The van der Waals surface area contributed by atoms with Crippen LogP contribution in [0.25, 0.3) is 10.8 Å². The number of aromatic nitrogens is 1. The predicted molar refractivity (Wildman–Crippen MR) is 118 cm³/mol. The van der Waals surface area contributed by atoms with Gasteiger partial charge in [0.1, 0.15) is 11.5 Å². The van der Waals surface area contributed by atoms with Crippen molar-refractivity contribution in [1.29, 1.82) is 0 Å². The summed E-state index contributed by atoms with van der Waals surface area (Å²) in [7, 11) is 0. The fourth-order valence-electron chi connectivity index (χ4n) is 3.23. The maximum absolute atomic E-state index is 10.5. The maximum atomic E-state index is 10.5. The van der Waals surface area contributed by atoms with E-state index in [-0.39, 0.29) is 0 Å². The van der Waals surface area contributed by atoms with Crippen molar-refractivity contribution in [3.05, 3.63) is 88.1 Å². The van der Waals surface area contributed by atoms with Crippen LogP contribution in [-0.4, -0.2) is 9.67 Å². The number of nitrogens with zero attached hydrogens (tertiary/aromatic N) is 1. The molecule has 1 heterocycles. The van der Waals surface area contributed by atoms with Crippen LogP contribution in [0.3, 0.4) is 0 Å². The summed E-state index contributed by atoms with van der Waals surface area (Å²) in [5.41, 5.74) is 1.26. The largest absolute Gasteiger partial charge is 0.494 e. The average Bonchev–Trinajstić information content (AvgIpc) is 3.01. The number of ether oxygens (including phenoxy) is 1. The normalized spacial score (nSPS) is 11.0. The Morgan fingerprint density at radius 2 is 1.59 bits per heavy atom. The summed E-state index contributed by atoms with van der Waals surface area (Å²) in [4.78, 5) is 0. The third-order valence-corrected chi connectivity index (χ3v) is 5.50. The van der Waals surface area contributed by atoms with E-state index in [1.807, 2.05) is 71.4 Å². The van der Waals surface area contributed by atoms with Gasteiger partial charge < -0.3 is 14.4 Å². The second-order valence-electron chi connectivity index (χ2n) is 6.51. The molecule has 0 aliphatic rings. The molecule has 136 valence electrons. The molecule has 4 heteroatoms. The van der Waals surface area contributed by atoms with Gasteiger partial charge in [-0.15, -0.1) is 0 Å². The fraction of sp³-hybridized carbons (Fsp3) is 0.130. The summed E-state index contributed by atoms with van der Waals surface area (Å²) < 4.78 is 8.85. The molecule has 4 rings (SSSR count). The van der Waals surface area contributed by atoms with E-state index in [1.165, 1.54) is 5.56 Å².